The van der Waals surface area contributed by atoms with E-state index < -0.39 is 5.41 Å². The first-order chi connectivity index (χ1) is 35.2. The summed E-state index contributed by atoms with van der Waals surface area (Å²) in [5.41, 5.74) is 21.2. The summed E-state index contributed by atoms with van der Waals surface area (Å²) >= 11 is 0. The number of benzene rings is 11. The SMILES string of the molecule is C1=CC2C(Oc3c(ccc4ccccc34)C23c2ccccc2-c2cc(-c4ccc(N(c5ccc(-c6ccccc6)cc5)c5ccc(-c6ccccc6)cc5-c5ccccc5)cc4)ccc23)c2ccccc21. The molecule has 2 nitrogen and oxygen atoms in total. The average molecular weight is 906 g/mol. The lowest BCUT2D eigenvalue weighted by atomic mass is 9.58. The van der Waals surface area contributed by atoms with Gasteiger partial charge in [0.05, 0.1) is 11.1 Å². The third-order valence-corrected chi connectivity index (χ3v) is 15.4. The van der Waals surface area contributed by atoms with Crippen LogP contribution in [0.25, 0.3) is 72.5 Å². The molecule has 2 aliphatic carbocycles. The summed E-state index contributed by atoms with van der Waals surface area (Å²) in [6.45, 7) is 0. The Balaban J connectivity index is 0.909. The first-order valence-corrected chi connectivity index (χ1v) is 24.7. The van der Waals surface area contributed by atoms with E-state index in [-0.39, 0.29) is 12.0 Å². The normalized spacial score (nSPS) is 16.8. The Hall–Kier alpha value is -8.98. The van der Waals surface area contributed by atoms with E-state index in [4.69, 9.17) is 4.74 Å². The monoisotopic (exact) mass is 905 g/mol. The molecule has 1 spiro atoms. The van der Waals surface area contributed by atoms with Gasteiger partial charge in [0.2, 0.25) is 0 Å². The zero-order valence-corrected chi connectivity index (χ0v) is 39.0. The molecule has 2 heteroatoms. The fourth-order valence-electron chi connectivity index (χ4n) is 12.1. The Labute approximate surface area is 415 Å². The number of anilines is 3. The van der Waals surface area contributed by atoms with E-state index in [9.17, 15) is 0 Å². The lowest BCUT2D eigenvalue weighted by molar-refractivity contribution is 0.105. The van der Waals surface area contributed by atoms with Crippen molar-refractivity contribution in [1.29, 1.82) is 0 Å². The van der Waals surface area contributed by atoms with Crippen molar-refractivity contribution in [2.24, 2.45) is 5.92 Å². The lowest BCUT2D eigenvalue weighted by Crippen LogP contribution is -2.45. The van der Waals surface area contributed by atoms with Crippen molar-refractivity contribution >= 4 is 33.9 Å². The van der Waals surface area contributed by atoms with Gasteiger partial charge in [-0.2, -0.15) is 0 Å². The number of rotatable bonds is 7. The molecular formula is C69H47NO. The van der Waals surface area contributed by atoms with E-state index in [0.717, 1.165) is 33.8 Å². The first kappa shape index (κ1) is 41.0. The molecule has 71 heavy (non-hydrogen) atoms. The van der Waals surface area contributed by atoms with Crippen LogP contribution in [0.2, 0.25) is 0 Å². The van der Waals surface area contributed by atoms with E-state index in [2.05, 4.69) is 278 Å². The van der Waals surface area contributed by atoms with Gasteiger partial charge in [-0.3, -0.25) is 0 Å². The molecule has 0 fully saturated rings. The van der Waals surface area contributed by atoms with Gasteiger partial charge in [-0.15, -0.1) is 0 Å². The van der Waals surface area contributed by atoms with Crippen molar-refractivity contribution < 1.29 is 4.74 Å². The topological polar surface area (TPSA) is 12.5 Å². The molecule has 14 rings (SSSR count). The van der Waals surface area contributed by atoms with Gasteiger partial charge < -0.3 is 9.64 Å². The molecule has 0 radical (unpaired) electrons. The minimum absolute atomic E-state index is 0.0360. The highest BCUT2D eigenvalue weighted by Crippen LogP contribution is 2.65. The Morgan fingerprint density at radius 3 is 1.62 bits per heavy atom. The average Bonchev–Trinajstić information content (AvgIpc) is 3.74. The van der Waals surface area contributed by atoms with Crippen molar-refractivity contribution in [2.45, 2.75) is 11.5 Å². The third-order valence-electron chi connectivity index (χ3n) is 15.4. The standard InChI is InChI=1S/C69H47NO/c1-4-16-46(17-5-1)48-28-36-55(37-29-48)70(66-43-35-54(47-18-6-2-7-19-47)44-60(66)50-20-8-3-9-21-50)56-38-30-49(31-39-56)53-34-40-63-61(45-53)59-26-14-15-27-62(59)69(63)64-41-32-51-22-10-12-24-57(51)67(64)71-68-58-25-13-11-23-52(58)33-42-65(68)69/h1-45,64,67H. The summed E-state index contributed by atoms with van der Waals surface area (Å²) in [6, 6.07) is 95.6. The molecule has 0 saturated carbocycles. The molecule has 0 aromatic heterocycles. The van der Waals surface area contributed by atoms with Crippen LogP contribution in [0.15, 0.2) is 267 Å². The number of nitrogens with zero attached hydrogens (tertiary/aromatic N) is 1. The van der Waals surface area contributed by atoms with E-state index in [1.165, 1.54) is 83.3 Å². The molecule has 334 valence electrons. The van der Waals surface area contributed by atoms with Crippen molar-refractivity contribution in [3.05, 3.63) is 295 Å². The van der Waals surface area contributed by atoms with Crippen LogP contribution in [0, 0.1) is 5.92 Å². The Kier molecular flexibility index (Phi) is 9.60. The first-order valence-electron chi connectivity index (χ1n) is 24.7. The molecular weight excluding hydrogens is 859 g/mol. The van der Waals surface area contributed by atoms with Crippen LogP contribution in [0.4, 0.5) is 17.1 Å². The van der Waals surface area contributed by atoms with Gasteiger partial charge in [0, 0.05) is 39.4 Å². The van der Waals surface area contributed by atoms with Gasteiger partial charge in [0.15, 0.2) is 0 Å². The van der Waals surface area contributed by atoms with E-state index in [1.54, 1.807) is 0 Å². The van der Waals surface area contributed by atoms with Gasteiger partial charge in [0.1, 0.15) is 11.9 Å². The van der Waals surface area contributed by atoms with Crippen LogP contribution in [-0.4, -0.2) is 0 Å². The van der Waals surface area contributed by atoms with Crippen LogP contribution in [0.5, 0.6) is 5.75 Å². The summed E-state index contributed by atoms with van der Waals surface area (Å²) in [5, 5.41) is 2.34. The predicted molar refractivity (Wildman–Crippen MR) is 294 cm³/mol. The summed E-state index contributed by atoms with van der Waals surface area (Å²) in [7, 11) is 0. The highest BCUT2D eigenvalue weighted by Gasteiger charge is 2.57. The summed E-state index contributed by atoms with van der Waals surface area (Å²) in [4.78, 5) is 2.41. The maximum Gasteiger partial charge on any atom is 0.132 e. The van der Waals surface area contributed by atoms with Crippen LogP contribution >= 0.6 is 0 Å². The summed E-state index contributed by atoms with van der Waals surface area (Å²) in [5.74, 6) is 1.02. The highest BCUT2D eigenvalue weighted by molar-refractivity contribution is 5.96. The van der Waals surface area contributed by atoms with Crippen LogP contribution in [0.1, 0.15) is 33.9 Å². The number of hydrogen-bond acceptors (Lipinski definition) is 2. The fraction of sp³-hybridized carbons (Fsp3) is 0.0435. The van der Waals surface area contributed by atoms with Gasteiger partial charge in [-0.1, -0.05) is 231 Å². The van der Waals surface area contributed by atoms with Gasteiger partial charge in [-0.25, -0.2) is 0 Å². The molecule has 0 N–H and O–H groups in total. The molecule has 1 heterocycles. The predicted octanol–water partition coefficient (Wildman–Crippen LogP) is 18.1. The maximum absolute atomic E-state index is 7.31. The van der Waals surface area contributed by atoms with E-state index in [0.29, 0.717) is 0 Å². The molecule has 0 bridgehead atoms. The van der Waals surface area contributed by atoms with E-state index >= 15 is 0 Å². The van der Waals surface area contributed by atoms with Crippen molar-refractivity contribution in [1.82, 2.24) is 0 Å². The largest absolute Gasteiger partial charge is 0.484 e. The smallest absolute Gasteiger partial charge is 0.132 e. The molecule has 3 atom stereocenters. The molecule has 3 aliphatic rings. The third kappa shape index (κ3) is 6.56. The fourth-order valence-corrected chi connectivity index (χ4v) is 12.1. The summed E-state index contributed by atoms with van der Waals surface area (Å²) in [6.07, 6.45) is 4.60. The van der Waals surface area contributed by atoms with Crippen LogP contribution in [0.3, 0.4) is 0 Å². The second kappa shape index (κ2) is 16.6. The van der Waals surface area contributed by atoms with Crippen molar-refractivity contribution in [3.63, 3.8) is 0 Å². The summed E-state index contributed by atoms with van der Waals surface area (Å²) < 4.78 is 7.31. The Morgan fingerprint density at radius 1 is 0.366 bits per heavy atom. The number of fused-ring (bicyclic) bond motifs is 13. The Bertz CT molecular complexity index is 3840. The van der Waals surface area contributed by atoms with Gasteiger partial charge in [0.25, 0.3) is 0 Å². The van der Waals surface area contributed by atoms with Crippen LogP contribution in [-0.2, 0) is 5.41 Å². The lowest BCUT2D eigenvalue weighted by Gasteiger charge is -2.49. The van der Waals surface area contributed by atoms with Crippen molar-refractivity contribution in [2.75, 3.05) is 4.90 Å². The van der Waals surface area contributed by atoms with Crippen LogP contribution < -0.4 is 9.64 Å². The Morgan fingerprint density at radius 2 is 0.887 bits per heavy atom. The minimum atomic E-state index is -0.469. The number of hydrogen-bond donors (Lipinski definition) is 0. The second-order valence-corrected chi connectivity index (χ2v) is 19.1. The quantitative estimate of drug-likeness (QED) is 0.158. The maximum atomic E-state index is 7.31. The zero-order valence-electron chi connectivity index (χ0n) is 39.0. The van der Waals surface area contributed by atoms with Gasteiger partial charge >= 0.3 is 0 Å². The molecule has 0 saturated heterocycles. The minimum Gasteiger partial charge on any atom is -0.484 e. The highest BCUT2D eigenvalue weighted by atomic mass is 16.5. The zero-order chi connectivity index (χ0) is 46.9. The molecule has 11 aromatic carbocycles. The van der Waals surface area contributed by atoms with Gasteiger partial charge in [-0.05, 0) is 115 Å². The molecule has 1 aliphatic heterocycles. The second-order valence-electron chi connectivity index (χ2n) is 19.1. The molecule has 3 unspecified atom stereocenters. The van der Waals surface area contributed by atoms with E-state index in [1.807, 2.05) is 0 Å². The number of ether oxygens (including phenoxy) is 1. The molecule has 0 amide bonds. The van der Waals surface area contributed by atoms with Crippen molar-refractivity contribution in [3.8, 4) is 61.4 Å². The molecule has 11 aromatic rings.